The average Bonchev–Trinajstić information content (AvgIpc) is 2.31. The van der Waals surface area contributed by atoms with Crippen molar-refractivity contribution in [3.05, 3.63) is 0 Å². The molecule has 1 unspecified atom stereocenters. The monoisotopic (exact) mass is 249 g/mol. The van der Waals surface area contributed by atoms with E-state index in [1.165, 1.54) is 0 Å². The smallest absolute Gasteiger partial charge is 0.140 e. The van der Waals surface area contributed by atoms with Gasteiger partial charge in [-0.15, -0.1) is 0 Å². The van der Waals surface area contributed by atoms with Crippen molar-refractivity contribution < 1.29 is 10.3 Å². The Morgan fingerprint density at radius 2 is 2.25 bits per heavy atom. The van der Waals surface area contributed by atoms with Gasteiger partial charge in [-0.3, -0.25) is 0 Å². The molecule has 0 aliphatic heterocycles. The summed E-state index contributed by atoms with van der Waals surface area (Å²) in [5.41, 5.74) is 5.45. The van der Waals surface area contributed by atoms with E-state index in [4.69, 9.17) is 16.0 Å². The summed E-state index contributed by atoms with van der Waals surface area (Å²) in [4.78, 5) is 0. The Labute approximate surface area is 101 Å². The minimum Gasteiger partial charge on any atom is -0.409 e. The van der Waals surface area contributed by atoms with Crippen molar-refractivity contribution >= 4 is 17.6 Å². The Hall–Kier alpha value is -0.460. The number of hydrogen-bond acceptors (Lipinski definition) is 5. The zero-order valence-electron chi connectivity index (χ0n) is 9.85. The van der Waals surface area contributed by atoms with E-state index in [1.54, 1.807) is 0 Å². The number of aliphatic hydroxyl groups is 1. The highest BCUT2D eigenvalue weighted by atomic mass is 32.2. The van der Waals surface area contributed by atoms with E-state index >= 15 is 0 Å². The molecule has 0 aromatic rings. The molecule has 0 rings (SSSR count). The molecule has 0 fully saturated rings. The van der Waals surface area contributed by atoms with Crippen LogP contribution in [0.5, 0.6) is 0 Å². The van der Waals surface area contributed by atoms with E-state index < -0.39 is 0 Å². The predicted molar refractivity (Wildman–Crippen MR) is 69.1 cm³/mol. The van der Waals surface area contributed by atoms with Crippen molar-refractivity contribution in [3.8, 4) is 0 Å². The quantitative estimate of drug-likeness (QED) is 0.150. The molecule has 5 N–H and O–H groups in total. The lowest BCUT2D eigenvalue weighted by atomic mass is 10.1. The Kier molecular flexibility index (Phi) is 10.7. The fraction of sp³-hybridized carbons (Fsp3) is 0.900. The molecule has 0 saturated carbocycles. The number of nitrogens with two attached hydrogens (primary N) is 1. The van der Waals surface area contributed by atoms with Gasteiger partial charge in [0.1, 0.15) is 5.84 Å². The normalized spacial score (nSPS) is 14.0. The highest BCUT2D eigenvalue weighted by Gasteiger charge is 2.07. The summed E-state index contributed by atoms with van der Waals surface area (Å²) in [7, 11) is 0. The summed E-state index contributed by atoms with van der Waals surface area (Å²) >= 11 is 1.82. The lowest BCUT2D eigenvalue weighted by Gasteiger charge is -2.15. The molecule has 5 nitrogen and oxygen atoms in total. The summed E-state index contributed by atoms with van der Waals surface area (Å²) in [5.74, 6) is 2.29. The Morgan fingerprint density at radius 3 is 2.81 bits per heavy atom. The Bertz CT molecular complexity index is 191. The molecule has 0 aliphatic carbocycles. The molecular weight excluding hydrogens is 226 g/mol. The highest BCUT2D eigenvalue weighted by molar-refractivity contribution is 7.99. The van der Waals surface area contributed by atoms with E-state index in [2.05, 4.69) is 17.4 Å². The van der Waals surface area contributed by atoms with Crippen molar-refractivity contribution in [2.45, 2.75) is 32.2 Å². The zero-order valence-corrected chi connectivity index (χ0v) is 10.7. The number of rotatable bonds is 10. The molecule has 0 amide bonds. The summed E-state index contributed by atoms with van der Waals surface area (Å²) in [6.07, 6.45) is 2.39. The molecule has 0 heterocycles. The number of thioether (sulfide) groups is 1. The third-order valence-corrected chi connectivity index (χ3v) is 3.27. The number of nitrogens with zero attached hydrogens (tertiary/aromatic N) is 1. The topological polar surface area (TPSA) is 90.9 Å². The van der Waals surface area contributed by atoms with Crippen LogP contribution in [0, 0.1) is 0 Å². The Morgan fingerprint density at radius 1 is 1.50 bits per heavy atom. The lowest BCUT2D eigenvalue weighted by molar-refractivity contribution is 0.296. The van der Waals surface area contributed by atoms with Crippen LogP contribution in [0.2, 0.25) is 0 Å². The number of amidine groups is 1. The van der Waals surface area contributed by atoms with Gasteiger partial charge < -0.3 is 21.4 Å². The second kappa shape index (κ2) is 11.0. The van der Waals surface area contributed by atoms with Gasteiger partial charge in [-0.1, -0.05) is 12.1 Å². The van der Waals surface area contributed by atoms with Gasteiger partial charge in [-0.25, -0.2) is 0 Å². The minimum absolute atomic E-state index is 0.265. The fourth-order valence-electron chi connectivity index (χ4n) is 1.26. The first kappa shape index (κ1) is 15.5. The maximum absolute atomic E-state index is 8.60. The molecule has 96 valence electrons. The number of aliphatic hydroxyl groups excluding tert-OH is 1. The fourth-order valence-corrected chi connectivity index (χ4v) is 2.06. The van der Waals surface area contributed by atoms with Gasteiger partial charge >= 0.3 is 0 Å². The molecule has 0 spiro atoms. The van der Waals surface area contributed by atoms with E-state index in [9.17, 15) is 0 Å². The maximum Gasteiger partial charge on any atom is 0.140 e. The van der Waals surface area contributed by atoms with Crippen molar-refractivity contribution in [2.75, 3.05) is 24.7 Å². The first-order valence-corrected chi connectivity index (χ1v) is 6.78. The van der Waals surface area contributed by atoms with Crippen molar-refractivity contribution in [3.63, 3.8) is 0 Å². The predicted octanol–water partition coefficient (Wildman–Crippen LogP) is 0.607. The second-order valence-corrected chi connectivity index (χ2v) is 4.77. The summed E-state index contributed by atoms with van der Waals surface area (Å²) in [6, 6.07) is 0.273. The number of nitrogens with one attached hydrogen (secondary N) is 1. The standard InChI is InChI=1S/C10H23N3O2S/c1-2-9(8-10(11)13-15)12-4-7-16-6-3-5-14/h9,12,14-15H,2-8H2,1H3,(H2,11,13). The van der Waals surface area contributed by atoms with Crippen LogP contribution >= 0.6 is 11.8 Å². The third kappa shape index (κ3) is 8.82. The van der Waals surface area contributed by atoms with Gasteiger partial charge in [0.25, 0.3) is 0 Å². The first-order valence-electron chi connectivity index (χ1n) is 5.63. The molecule has 0 aromatic carbocycles. The SMILES string of the molecule is CCC(CC(N)=NO)NCCSCCCO. The molecule has 0 radical (unpaired) electrons. The van der Waals surface area contributed by atoms with Crippen LogP contribution in [0.1, 0.15) is 26.2 Å². The van der Waals surface area contributed by atoms with Crippen LogP contribution in [0.4, 0.5) is 0 Å². The van der Waals surface area contributed by atoms with Crippen LogP contribution in [0.3, 0.4) is 0 Å². The van der Waals surface area contributed by atoms with Crippen molar-refractivity contribution in [1.82, 2.24) is 5.32 Å². The van der Waals surface area contributed by atoms with Gasteiger partial charge in [0, 0.05) is 31.4 Å². The van der Waals surface area contributed by atoms with E-state index in [0.717, 1.165) is 30.9 Å². The van der Waals surface area contributed by atoms with Crippen LogP contribution in [0.15, 0.2) is 5.16 Å². The van der Waals surface area contributed by atoms with Crippen molar-refractivity contribution in [1.29, 1.82) is 0 Å². The molecule has 0 aliphatic rings. The molecular formula is C10H23N3O2S. The van der Waals surface area contributed by atoms with E-state index in [0.29, 0.717) is 6.42 Å². The maximum atomic E-state index is 8.60. The summed E-state index contributed by atoms with van der Waals surface area (Å²) in [5, 5.41) is 23.4. The minimum atomic E-state index is 0.265. The molecule has 6 heteroatoms. The first-order chi connectivity index (χ1) is 7.74. The van der Waals surface area contributed by atoms with E-state index in [-0.39, 0.29) is 18.5 Å². The van der Waals surface area contributed by atoms with Gasteiger partial charge in [0.2, 0.25) is 0 Å². The average molecular weight is 249 g/mol. The number of hydrogen-bond donors (Lipinski definition) is 4. The zero-order chi connectivity index (χ0) is 12.2. The van der Waals surface area contributed by atoms with Crippen LogP contribution < -0.4 is 11.1 Å². The third-order valence-electron chi connectivity index (χ3n) is 2.20. The van der Waals surface area contributed by atoms with Gasteiger partial charge in [0.15, 0.2) is 0 Å². The molecule has 0 aromatic heterocycles. The van der Waals surface area contributed by atoms with Crippen LogP contribution in [0.25, 0.3) is 0 Å². The largest absolute Gasteiger partial charge is 0.409 e. The molecule has 16 heavy (non-hydrogen) atoms. The van der Waals surface area contributed by atoms with Gasteiger partial charge in [-0.2, -0.15) is 11.8 Å². The highest BCUT2D eigenvalue weighted by Crippen LogP contribution is 2.02. The van der Waals surface area contributed by atoms with Crippen LogP contribution in [-0.4, -0.2) is 46.8 Å². The van der Waals surface area contributed by atoms with Crippen molar-refractivity contribution in [2.24, 2.45) is 10.9 Å². The summed E-state index contributed by atoms with van der Waals surface area (Å²) < 4.78 is 0. The van der Waals surface area contributed by atoms with Crippen LogP contribution in [-0.2, 0) is 0 Å². The summed E-state index contributed by atoms with van der Waals surface area (Å²) in [6.45, 7) is 3.25. The molecule has 1 atom stereocenters. The molecule has 0 bridgehead atoms. The number of oxime groups is 1. The Balaban J connectivity index is 3.48. The van der Waals surface area contributed by atoms with E-state index in [1.807, 2.05) is 11.8 Å². The second-order valence-electron chi connectivity index (χ2n) is 3.54. The molecule has 0 saturated heterocycles. The van der Waals surface area contributed by atoms with Gasteiger partial charge in [-0.05, 0) is 18.6 Å². The lowest BCUT2D eigenvalue weighted by Crippen LogP contribution is -2.34. The van der Waals surface area contributed by atoms with Gasteiger partial charge in [0.05, 0.1) is 0 Å².